The number of hydrogen-bond acceptors (Lipinski definition) is 3. The van der Waals surface area contributed by atoms with E-state index < -0.39 is 0 Å². The molecule has 0 aliphatic carbocycles. The zero-order valence-electron chi connectivity index (χ0n) is 13.0. The van der Waals surface area contributed by atoms with Gasteiger partial charge in [0.15, 0.2) is 0 Å². The molecule has 0 bridgehead atoms. The molecule has 2 aromatic rings. The van der Waals surface area contributed by atoms with E-state index in [1.807, 2.05) is 6.20 Å². The summed E-state index contributed by atoms with van der Waals surface area (Å²) in [4.78, 5) is 11.7. The van der Waals surface area contributed by atoms with E-state index in [1.165, 1.54) is 22.4 Å². The highest BCUT2D eigenvalue weighted by atomic mass is 15.1. The van der Waals surface area contributed by atoms with Crippen molar-refractivity contribution in [3.8, 4) is 0 Å². The molecular formula is C18H23N3. The first-order chi connectivity index (χ1) is 10.3. The van der Waals surface area contributed by atoms with Crippen LogP contribution in [0.1, 0.15) is 41.6 Å². The molecule has 110 valence electrons. The molecule has 3 heteroatoms. The molecule has 3 rings (SSSR count). The Morgan fingerprint density at radius 3 is 2.90 bits per heavy atom. The normalized spacial score (nSPS) is 15.0. The van der Waals surface area contributed by atoms with Crippen LogP contribution in [0.4, 0.5) is 0 Å². The predicted molar refractivity (Wildman–Crippen MR) is 85.0 cm³/mol. The Kier molecular flexibility index (Phi) is 4.30. The van der Waals surface area contributed by atoms with Crippen LogP contribution in [0.3, 0.4) is 0 Å². The lowest BCUT2D eigenvalue weighted by Crippen LogP contribution is -2.31. The fraction of sp³-hybridized carbons (Fsp3) is 0.444. The van der Waals surface area contributed by atoms with Gasteiger partial charge in [-0.1, -0.05) is 31.2 Å². The molecule has 2 heterocycles. The lowest BCUT2D eigenvalue weighted by Gasteiger charge is -2.28. The Labute approximate surface area is 127 Å². The summed E-state index contributed by atoms with van der Waals surface area (Å²) < 4.78 is 0. The smallest absolute Gasteiger partial charge is 0.128 e. The highest BCUT2D eigenvalue weighted by Crippen LogP contribution is 2.20. The van der Waals surface area contributed by atoms with E-state index in [-0.39, 0.29) is 0 Å². The third-order valence-electron chi connectivity index (χ3n) is 4.20. The molecule has 1 aromatic carbocycles. The van der Waals surface area contributed by atoms with E-state index in [0.717, 1.165) is 44.7 Å². The van der Waals surface area contributed by atoms with Gasteiger partial charge in [0.2, 0.25) is 0 Å². The summed E-state index contributed by atoms with van der Waals surface area (Å²) in [5.41, 5.74) is 5.35. The molecule has 1 aromatic heterocycles. The lowest BCUT2D eigenvalue weighted by atomic mass is 10.0. The van der Waals surface area contributed by atoms with Gasteiger partial charge in [-0.3, -0.25) is 4.90 Å². The average Bonchev–Trinajstić information content (AvgIpc) is 2.50. The van der Waals surface area contributed by atoms with Gasteiger partial charge in [0.05, 0.1) is 5.69 Å². The molecule has 3 nitrogen and oxygen atoms in total. The van der Waals surface area contributed by atoms with Gasteiger partial charge in [-0.05, 0) is 36.5 Å². The minimum Gasteiger partial charge on any atom is -0.293 e. The third kappa shape index (κ3) is 3.30. The summed E-state index contributed by atoms with van der Waals surface area (Å²) in [5.74, 6) is 0.994. The van der Waals surface area contributed by atoms with E-state index in [2.05, 4.69) is 48.0 Å². The SMILES string of the molecule is CCCc1ncc2c(n1)CN(Cc1ccccc1C)CC2. The zero-order chi connectivity index (χ0) is 14.7. The molecule has 0 spiro atoms. The quantitative estimate of drug-likeness (QED) is 0.861. The molecule has 0 amide bonds. The molecule has 0 atom stereocenters. The molecule has 0 fully saturated rings. The lowest BCUT2D eigenvalue weighted by molar-refractivity contribution is 0.240. The minimum absolute atomic E-state index is 0.947. The predicted octanol–water partition coefficient (Wildman–Crippen LogP) is 3.30. The zero-order valence-corrected chi connectivity index (χ0v) is 13.0. The number of aryl methyl sites for hydroxylation is 2. The van der Waals surface area contributed by atoms with E-state index in [4.69, 9.17) is 4.98 Å². The molecule has 1 aliphatic heterocycles. The second-order valence-electron chi connectivity index (χ2n) is 5.90. The van der Waals surface area contributed by atoms with Crippen LogP contribution in [0.5, 0.6) is 0 Å². The Balaban J connectivity index is 1.74. The van der Waals surface area contributed by atoms with Crippen molar-refractivity contribution in [3.05, 3.63) is 58.7 Å². The average molecular weight is 281 g/mol. The number of aromatic nitrogens is 2. The molecule has 0 saturated heterocycles. The van der Waals surface area contributed by atoms with Crippen molar-refractivity contribution < 1.29 is 0 Å². The Morgan fingerprint density at radius 2 is 2.10 bits per heavy atom. The second kappa shape index (κ2) is 6.35. The monoisotopic (exact) mass is 281 g/mol. The van der Waals surface area contributed by atoms with Gasteiger partial charge < -0.3 is 0 Å². The fourth-order valence-electron chi connectivity index (χ4n) is 2.91. The van der Waals surface area contributed by atoms with E-state index in [9.17, 15) is 0 Å². The summed E-state index contributed by atoms with van der Waals surface area (Å²) in [6, 6.07) is 8.65. The van der Waals surface area contributed by atoms with E-state index >= 15 is 0 Å². The maximum Gasteiger partial charge on any atom is 0.128 e. The molecule has 0 unspecified atom stereocenters. The number of rotatable bonds is 4. The summed E-state index contributed by atoms with van der Waals surface area (Å²) in [6.07, 6.45) is 5.18. The van der Waals surface area contributed by atoms with Crippen LogP contribution in [0.2, 0.25) is 0 Å². The second-order valence-corrected chi connectivity index (χ2v) is 5.90. The summed E-state index contributed by atoms with van der Waals surface area (Å²) in [5, 5.41) is 0. The van der Waals surface area contributed by atoms with Crippen LogP contribution >= 0.6 is 0 Å². The Morgan fingerprint density at radius 1 is 1.24 bits per heavy atom. The fourth-order valence-corrected chi connectivity index (χ4v) is 2.91. The van der Waals surface area contributed by atoms with Gasteiger partial charge in [-0.2, -0.15) is 0 Å². The Hall–Kier alpha value is -1.74. The van der Waals surface area contributed by atoms with Crippen LogP contribution < -0.4 is 0 Å². The van der Waals surface area contributed by atoms with Crippen LogP contribution in [0.15, 0.2) is 30.5 Å². The van der Waals surface area contributed by atoms with Crippen molar-refractivity contribution in [3.63, 3.8) is 0 Å². The summed E-state index contributed by atoms with van der Waals surface area (Å²) in [7, 11) is 0. The first-order valence-electron chi connectivity index (χ1n) is 7.87. The Bertz CT molecular complexity index is 622. The largest absolute Gasteiger partial charge is 0.293 e. The van der Waals surface area contributed by atoms with Gasteiger partial charge in [0.1, 0.15) is 5.82 Å². The van der Waals surface area contributed by atoms with Gasteiger partial charge in [-0.15, -0.1) is 0 Å². The number of benzene rings is 1. The third-order valence-corrected chi connectivity index (χ3v) is 4.20. The van der Waals surface area contributed by atoms with Crippen molar-refractivity contribution in [1.82, 2.24) is 14.9 Å². The first-order valence-corrected chi connectivity index (χ1v) is 7.87. The van der Waals surface area contributed by atoms with Crippen molar-refractivity contribution in [2.75, 3.05) is 6.54 Å². The van der Waals surface area contributed by atoms with Crippen molar-refractivity contribution in [2.24, 2.45) is 0 Å². The molecule has 0 saturated carbocycles. The maximum absolute atomic E-state index is 4.76. The molecule has 0 N–H and O–H groups in total. The van der Waals surface area contributed by atoms with Crippen molar-refractivity contribution in [1.29, 1.82) is 0 Å². The summed E-state index contributed by atoms with van der Waals surface area (Å²) >= 11 is 0. The van der Waals surface area contributed by atoms with E-state index in [1.54, 1.807) is 0 Å². The highest BCUT2D eigenvalue weighted by molar-refractivity contribution is 5.26. The van der Waals surface area contributed by atoms with Crippen LogP contribution in [0.25, 0.3) is 0 Å². The minimum atomic E-state index is 0.947. The topological polar surface area (TPSA) is 29.0 Å². The van der Waals surface area contributed by atoms with Gasteiger partial charge in [0.25, 0.3) is 0 Å². The first kappa shape index (κ1) is 14.2. The van der Waals surface area contributed by atoms with Crippen molar-refractivity contribution >= 4 is 0 Å². The van der Waals surface area contributed by atoms with E-state index in [0.29, 0.717) is 0 Å². The van der Waals surface area contributed by atoms with Crippen molar-refractivity contribution in [2.45, 2.75) is 46.2 Å². The van der Waals surface area contributed by atoms with Gasteiger partial charge in [-0.25, -0.2) is 9.97 Å². The number of nitrogens with zero attached hydrogens (tertiary/aromatic N) is 3. The van der Waals surface area contributed by atoms with Gasteiger partial charge >= 0.3 is 0 Å². The number of hydrogen-bond donors (Lipinski definition) is 0. The number of fused-ring (bicyclic) bond motifs is 1. The van der Waals surface area contributed by atoms with Crippen LogP contribution in [0, 0.1) is 6.92 Å². The molecule has 21 heavy (non-hydrogen) atoms. The molecule has 1 aliphatic rings. The molecular weight excluding hydrogens is 258 g/mol. The maximum atomic E-state index is 4.76. The van der Waals surface area contributed by atoms with Crippen LogP contribution in [-0.2, 0) is 25.9 Å². The standard InChI is InChI=1S/C18H23N3/c1-3-6-18-19-11-15-9-10-21(13-17(15)20-18)12-16-8-5-4-7-14(16)2/h4-5,7-8,11H,3,6,9-10,12-13H2,1-2H3. The summed E-state index contributed by atoms with van der Waals surface area (Å²) in [6.45, 7) is 7.42. The molecule has 0 radical (unpaired) electrons. The highest BCUT2D eigenvalue weighted by Gasteiger charge is 2.18. The van der Waals surface area contributed by atoms with Gasteiger partial charge in [0, 0.05) is 32.3 Å². The van der Waals surface area contributed by atoms with Crippen LogP contribution in [-0.4, -0.2) is 21.4 Å².